The number of carbonyl (C=O) groups is 2. The molecule has 0 aromatic carbocycles. The van der Waals surface area contributed by atoms with Crippen molar-refractivity contribution in [1.29, 1.82) is 0 Å². The molecule has 0 bridgehead atoms. The summed E-state index contributed by atoms with van der Waals surface area (Å²) in [6, 6.07) is -0.118. The molecule has 0 spiro atoms. The standard InChI is InChI=1S/C23H46N2O4/c1-5-6-7-8-9-10-11-12-13-14-15-16-17-20(18-24-19-21(26)27)25-22(28)29-23(2,3)4/h20,24H,5-19H2,1-4H3,(H,25,28)(H,26,27). The highest BCUT2D eigenvalue weighted by Crippen LogP contribution is 2.13. The molecular formula is C23H46N2O4. The van der Waals surface area contributed by atoms with E-state index >= 15 is 0 Å². The first-order valence-electron chi connectivity index (χ1n) is 11.7. The van der Waals surface area contributed by atoms with Crippen LogP contribution in [0, 0.1) is 0 Å². The molecule has 1 amide bonds. The van der Waals surface area contributed by atoms with Crippen molar-refractivity contribution in [2.24, 2.45) is 0 Å². The molecule has 0 rings (SSSR count). The second kappa shape index (κ2) is 17.5. The Morgan fingerprint density at radius 2 is 1.34 bits per heavy atom. The first-order valence-corrected chi connectivity index (χ1v) is 11.7. The zero-order chi connectivity index (χ0) is 22.0. The number of carboxylic acid groups (broad SMARTS) is 1. The molecular weight excluding hydrogens is 368 g/mol. The van der Waals surface area contributed by atoms with E-state index < -0.39 is 17.7 Å². The van der Waals surface area contributed by atoms with Crippen molar-refractivity contribution in [3.63, 3.8) is 0 Å². The number of rotatable bonds is 18. The van der Waals surface area contributed by atoms with Gasteiger partial charge in [-0.3, -0.25) is 4.79 Å². The van der Waals surface area contributed by atoms with Crippen LogP contribution in [-0.4, -0.2) is 41.9 Å². The summed E-state index contributed by atoms with van der Waals surface area (Å²) in [5, 5.41) is 14.5. The Hall–Kier alpha value is -1.30. The summed E-state index contributed by atoms with van der Waals surface area (Å²) in [4.78, 5) is 22.7. The predicted octanol–water partition coefficient (Wildman–Crippen LogP) is 5.65. The van der Waals surface area contributed by atoms with Gasteiger partial charge in [-0.05, 0) is 27.2 Å². The Labute approximate surface area is 178 Å². The largest absolute Gasteiger partial charge is 0.480 e. The fourth-order valence-electron chi connectivity index (χ4n) is 3.28. The summed E-state index contributed by atoms with van der Waals surface area (Å²) in [7, 11) is 0. The molecule has 0 heterocycles. The highest BCUT2D eigenvalue weighted by Gasteiger charge is 2.19. The van der Waals surface area contributed by atoms with Crippen molar-refractivity contribution in [2.45, 2.75) is 123 Å². The van der Waals surface area contributed by atoms with Crippen LogP contribution in [0.5, 0.6) is 0 Å². The van der Waals surface area contributed by atoms with Gasteiger partial charge in [-0.25, -0.2) is 4.79 Å². The molecule has 0 aliphatic rings. The Morgan fingerprint density at radius 3 is 1.79 bits per heavy atom. The third-order valence-corrected chi connectivity index (χ3v) is 4.79. The second-order valence-corrected chi connectivity index (χ2v) is 9.05. The molecule has 0 aliphatic carbocycles. The summed E-state index contributed by atoms with van der Waals surface area (Å²) in [6.07, 6.45) is 15.9. The third kappa shape index (κ3) is 21.2. The third-order valence-electron chi connectivity index (χ3n) is 4.79. The van der Waals surface area contributed by atoms with Gasteiger partial charge in [-0.2, -0.15) is 0 Å². The lowest BCUT2D eigenvalue weighted by Crippen LogP contribution is -2.45. The van der Waals surface area contributed by atoms with Gasteiger partial charge in [-0.15, -0.1) is 0 Å². The van der Waals surface area contributed by atoms with Crippen molar-refractivity contribution in [2.75, 3.05) is 13.1 Å². The summed E-state index contributed by atoms with van der Waals surface area (Å²) in [5.41, 5.74) is -0.543. The molecule has 1 unspecified atom stereocenters. The van der Waals surface area contributed by atoms with E-state index in [0.717, 1.165) is 19.3 Å². The first kappa shape index (κ1) is 27.7. The number of nitrogens with one attached hydrogen (secondary N) is 2. The minimum atomic E-state index is -0.897. The molecule has 0 aromatic rings. The molecule has 0 saturated heterocycles. The fourth-order valence-corrected chi connectivity index (χ4v) is 3.28. The minimum absolute atomic E-state index is 0.106. The van der Waals surface area contributed by atoms with E-state index in [2.05, 4.69) is 17.6 Å². The molecule has 6 heteroatoms. The number of unbranched alkanes of at least 4 members (excludes halogenated alkanes) is 11. The summed E-state index contributed by atoms with van der Waals surface area (Å²) >= 11 is 0. The number of hydrogen-bond donors (Lipinski definition) is 3. The van der Waals surface area contributed by atoms with Crippen LogP contribution in [0.25, 0.3) is 0 Å². The minimum Gasteiger partial charge on any atom is -0.480 e. The van der Waals surface area contributed by atoms with Crippen molar-refractivity contribution >= 4 is 12.1 Å². The average molecular weight is 415 g/mol. The lowest BCUT2D eigenvalue weighted by molar-refractivity contribution is -0.135. The van der Waals surface area contributed by atoms with Crippen molar-refractivity contribution in [3.8, 4) is 0 Å². The van der Waals surface area contributed by atoms with Gasteiger partial charge in [0.2, 0.25) is 0 Å². The lowest BCUT2D eigenvalue weighted by Gasteiger charge is -2.24. The van der Waals surface area contributed by atoms with Gasteiger partial charge in [-0.1, -0.05) is 84.0 Å². The first-order chi connectivity index (χ1) is 13.7. The summed E-state index contributed by atoms with van der Waals surface area (Å²) in [6.45, 7) is 8.07. The van der Waals surface area contributed by atoms with E-state index in [1.807, 2.05) is 20.8 Å². The van der Waals surface area contributed by atoms with Crippen LogP contribution >= 0.6 is 0 Å². The Balaban J connectivity index is 3.89. The SMILES string of the molecule is CCCCCCCCCCCCCCC(CNCC(=O)O)NC(=O)OC(C)(C)C. The van der Waals surface area contributed by atoms with Crippen molar-refractivity contribution in [3.05, 3.63) is 0 Å². The maximum Gasteiger partial charge on any atom is 0.407 e. The molecule has 0 radical (unpaired) electrons. The summed E-state index contributed by atoms with van der Waals surface area (Å²) in [5.74, 6) is -0.897. The maximum atomic E-state index is 12.0. The monoisotopic (exact) mass is 414 g/mol. The number of amides is 1. The molecule has 6 nitrogen and oxygen atoms in total. The molecule has 0 saturated carbocycles. The van der Waals surface area contributed by atoms with Crippen LogP contribution in [0.15, 0.2) is 0 Å². The van der Waals surface area contributed by atoms with Gasteiger partial charge in [0, 0.05) is 12.6 Å². The van der Waals surface area contributed by atoms with Gasteiger partial charge >= 0.3 is 12.1 Å². The molecule has 1 atom stereocenters. The van der Waals surface area contributed by atoms with Gasteiger partial charge in [0.05, 0.1) is 6.54 Å². The Kier molecular flexibility index (Phi) is 16.8. The number of ether oxygens (including phenoxy) is 1. The van der Waals surface area contributed by atoms with Crippen molar-refractivity contribution in [1.82, 2.24) is 10.6 Å². The van der Waals surface area contributed by atoms with Crippen LogP contribution in [0.3, 0.4) is 0 Å². The van der Waals surface area contributed by atoms with Crippen LogP contribution in [-0.2, 0) is 9.53 Å². The highest BCUT2D eigenvalue weighted by atomic mass is 16.6. The Morgan fingerprint density at radius 1 is 0.862 bits per heavy atom. The van der Waals surface area contributed by atoms with E-state index in [9.17, 15) is 9.59 Å². The quantitative estimate of drug-likeness (QED) is 0.252. The van der Waals surface area contributed by atoms with Gasteiger partial charge in [0.1, 0.15) is 5.60 Å². The van der Waals surface area contributed by atoms with Gasteiger partial charge < -0.3 is 20.5 Å². The fraction of sp³-hybridized carbons (Fsp3) is 0.913. The number of carboxylic acids is 1. The lowest BCUT2D eigenvalue weighted by atomic mass is 10.0. The summed E-state index contributed by atoms with van der Waals surface area (Å²) < 4.78 is 5.31. The van der Waals surface area contributed by atoms with E-state index in [1.165, 1.54) is 64.2 Å². The smallest absolute Gasteiger partial charge is 0.407 e. The van der Waals surface area contributed by atoms with Crippen LogP contribution in [0.1, 0.15) is 111 Å². The van der Waals surface area contributed by atoms with E-state index in [4.69, 9.17) is 9.84 Å². The number of hydrogen-bond acceptors (Lipinski definition) is 4. The van der Waals surface area contributed by atoms with Gasteiger partial charge in [0.15, 0.2) is 0 Å². The van der Waals surface area contributed by atoms with E-state index in [0.29, 0.717) is 6.54 Å². The van der Waals surface area contributed by atoms with Crippen LogP contribution in [0.2, 0.25) is 0 Å². The normalized spacial score (nSPS) is 12.6. The van der Waals surface area contributed by atoms with E-state index in [1.54, 1.807) is 0 Å². The van der Waals surface area contributed by atoms with Crippen LogP contribution < -0.4 is 10.6 Å². The van der Waals surface area contributed by atoms with E-state index in [-0.39, 0.29) is 12.6 Å². The molecule has 29 heavy (non-hydrogen) atoms. The molecule has 0 aliphatic heterocycles. The highest BCUT2D eigenvalue weighted by molar-refractivity contribution is 5.69. The van der Waals surface area contributed by atoms with Crippen LogP contribution in [0.4, 0.5) is 4.79 Å². The zero-order valence-electron chi connectivity index (χ0n) is 19.4. The molecule has 172 valence electrons. The zero-order valence-corrected chi connectivity index (χ0v) is 19.4. The predicted molar refractivity (Wildman–Crippen MR) is 119 cm³/mol. The van der Waals surface area contributed by atoms with Crippen molar-refractivity contribution < 1.29 is 19.4 Å². The topological polar surface area (TPSA) is 87.7 Å². The molecule has 0 aromatic heterocycles. The molecule has 3 N–H and O–H groups in total. The number of carbonyl (C=O) groups excluding carboxylic acids is 1. The number of aliphatic carboxylic acids is 1. The number of alkyl carbamates (subject to hydrolysis) is 1. The molecule has 0 fully saturated rings. The second-order valence-electron chi connectivity index (χ2n) is 9.05. The maximum absolute atomic E-state index is 12.0. The van der Waals surface area contributed by atoms with Gasteiger partial charge in [0.25, 0.3) is 0 Å². The average Bonchev–Trinajstić information content (AvgIpc) is 2.60. The Bertz CT molecular complexity index is 422.